The minimum atomic E-state index is -3.53. The second-order valence-corrected chi connectivity index (χ2v) is 8.51. The van der Waals surface area contributed by atoms with E-state index in [-0.39, 0.29) is 5.41 Å². The van der Waals surface area contributed by atoms with Crippen LogP contribution in [-0.4, -0.2) is 15.0 Å². The first-order valence-electron chi connectivity index (χ1n) is 7.76. The Kier molecular flexibility index (Phi) is 4.97. The van der Waals surface area contributed by atoms with Crippen LogP contribution in [0.25, 0.3) is 0 Å². The van der Waals surface area contributed by atoms with Crippen molar-refractivity contribution in [2.75, 3.05) is 6.54 Å². The molecule has 2 rings (SSSR count). The van der Waals surface area contributed by atoms with E-state index < -0.39 is 10.0 Å². The lowest BCUT2D eigenvalue weighted by Gasteiger charge is -2.26. The molecule has 0 radical (unpaired) electrons. The molecule has 1 N–H and O–H groups in total. The molecule has 2 aromatic rings. The van der Waals surface area contributed by atoms with Gasteiger partial charge < -0.3 is 0 Å². The average molecular weight is 331 g/mol. The molecule has 4 heteroatoms. The molecule has 23 heavy (non-hydrogen) atoms. The molecule has 0 spiro atoms. The average Bonchev–Trinajstić information content (AvgIpc) is 2.45. The van der Waals surface area contributed by atoms with Crippen LogP contribution in [-0.2, 0) is 15.4 Å². The molecule has 0 unspecified atom stereocenters. The van der Waals surface area contributed by atoms with E-state index in [1.165, 1.54) is 0 Å². The summed E-state index contributed by atoms with van der Waals surface area (Å²) < 4.78 is 28.3. The molecular formula is C19H25NO2S. The van der Waals surface area contributed by atoms with Gasteiger partial charge in [0.2, 0.25) is 10.0 Å². The van der Waals surface area contributed by atoms with Crippen molar-refractivity contribution in [3.63, 3.8) is 0 Å². The van der Waals surface area contributed by atoms with Gasteiger partial charge in [-0.25, -0.2) is 13.1 Å². The van der Waals surface area contributed by atoms with Crippen LogP contribution in [0.5, 0.6) is 0 Å². The van der Waals surface area contributed by atoms with Crippen molar-refractivity contribution in [2.24, 2.45) is 0 Å². The molecule has 0 atom stereocenters. The zero-order valence-corrected chi connectivity index (χ0v) is 15.3. The predicted molar refractivity (Wildman–Crippen MR) is 95.3 cm³/mol. The Hall–Kier alpha value is -1.65. The van der Waals surface area contributed by atoms with Gasteiger partial charge in [-0.3, -0.25) is 0 Å². The van der Waals surface area contributed by atoms with E-state index in [1.54, 1.807) is 0 Å². The van der Waals surface area contributed by atoms with Crippen molar-refractivity contribution >= 4 is 10.0 Å². The molecule has 124 valence electrons. The van der Waals surface area contributed by atoms with Crippen molar-refractivity contribution in [1.29, 1.82) is 0 Å². The minimum Gasteiger partial charge on any atom is -0.210 e. The molecule has 0 saturated carbocycles. The highest BCUT2D eigenvalue weighted by molar-refractivity contribution is 7.89. The lowest BCUT2D eigenvalue weighted by Crippen LogP contribution is -2.37. The Labute approximate surface area is 139 Å². The van der Waals surface area contributed by atoms with Gasteiger partial charge in [0.15, 0.2) is 0 Å². The van der Waals surface area contributed by atoms with E-state index in [0.29, 0.717) is 11.4 Å². The lowest BCUT2D eigenvalue weighted by molar-refractivity contribution is 0.501. The molecule has 0 aliphatic rings. The van der Waals surface area contributed by atoms with Gasteiger partial charge in [-0.1, -0.05) is 61.9 Å². The topological polar surface area (TPSA) is 46.2 Å². The summed E-state index contributed by atoms with van der Waals surface area (Å²) >= 11 is 0. The fraction of sp³-hybridized carbons (Fsp3) is 0.368. The zero-order chi connectivity index (χ0) is 17.3. The van der Waals surface area contributed by atoms with Gasteiger partial charge in [-0.15, -0.1) is 0 Å². The number of hydrogen-bond donors (Lipinski definition) is 1. The molecule has 2 aromatic carbocycles. The third-order valence-corrected chi connectivity index (χ3v) is 5.84. The van der Waals surface area contributed by atoms with Crippen LogP contribution in [0.3, 0.4) is 0 Å². The fourth-order valence-electron chi connectivity index (χ4n) is 2.93. The van der Waals surface area contributed by atoms with Crippen molar-refractivity contribution < 1.29 is 8.42 Å². The molecule has 3 nitrogen and oxygen atoms in total. The van der Waals surface area contributed by atoms with Crippen LogP contribution in [0, 0.1) is 20.8 Å². The first-order chi connectivity index (χ1) is 10.6. The summed E-state index contributed by atoms with van der Waals surface area (Å²) in [6, 6.07) is 13.8. The highest BCUT2D eigenvalue weighted by Gasteiger charge is 2.26. The number of benzene rings is 2. The predicted octanol–water partition coefficient (Wildman–Crippen LogP) is 3.87. The van der Waals surface area contributed by atoms with Crippen molar-refractivity contribution in [1.82, 2.24) is 4.72 Å². The summed E-state index contributed by atoms with van der Waals surface area (Å²) in [6.45, 7) is 10.1. The number of hydrogen-bond acceptors (Lipinski definition) is 2. The molecule has 0 bridgehead atoms. The Balaban J connectivity index is 2.26. The van der Waals surface area contributed by atoms with E-state index in [0.717, 1.165) is 22.3 Å². The molecule has 0 heterocycles. The lowest BCUT2D eigenvalue weighted by atomic mass is 9.85. The smallest absolute Gasteiger partial charge is 0.210 e. The van der Waals surface area contributed by atoms with Crippen LogP contribution in [0.15, 0.2) is 47.4 Å². The summed E-state index contributed by atoms with van der Waals surface area (Å²) in [5, 5.41) is 0. The second kappa shape index (κ2) is 6.46. The highest BCUT2D eigenvalue weighted by Crippen LogP contribution is 2.25. The van der Waals surface area contributed by atoms with Gasteiger partial charge in [0.05, 0.1) is 4.90 Å². The Bertz CT molecular complexity index is 770. The standard InChI is InChI=1S/C19H25NO2S/c1-14-11-15(2)18(16(3)12-14)23(21,22)20-13-19(4,5)17-9-7-6-8-10-17/h6-12,20H,13H2,1-5H3. The van der Waals surface area contributed by atoms with E-state index in [9.17, 15) is 8.42 Å². The minimum absolute atomic E-state index is 0.277. The van der Waals surface area contributed by atoms with Crippen LogP contribution >= 0.6 is 0 Å². The van der Waals surface area contributed by atoms with Gasteiger partial charge in [-0.05, 0) is 37.5 Å². The Morgan fingerprint density at radius 3 is 2.00 bits per heavy atom. The SMILES string of the molecule is Cc1cc(C)c(S(=O)(=O)NCC(C)(C)c2ccccc2)c(C)c1. The van der Waals surface area contributed by atoms with E-state index in [4.69, 9.17) is 0 Å². The quantitative estimate of drug-likeness (QED) is 0.904. The number of nitrogens with one attached hydrogen (secondary N) is 1. The van der Waals surface area contributed by atoms with Gasteiger partial charge >= 0.3 is 0 Å². The van der Waals surface area contributed by atoms with Crippen molar-refractivity contribution in [3.05, 3.63) is 64.7 Å². The monoisotopic (exact) mass is 331 g/mol. The van der Waals surface area contributed by atoms with E-state index >= 15 is 0 Å². The second-order valence-electron chi connectivity index (χ2n) is 6.80. The van der Waals surface area contributed by atoms with Crippen LogP contribution in [0.4, 0.5) is 0 Å². The van der Waals surface area contributed by atoms with Gasteiger partial charge in [0, 0.05) is 12.0 Å². The third kappa shape index (κ3) is 4.01. The molecule has 0 amide bonds. The van der Waals surface area contributed by atoms with Gasteiger partial charge in [0.25, 0.3) is 0 Å². The molecule has 0 saturated heterocycles. The van der Waals surface area contributed by atoms with Crippen molar-refractivity contribution in [3.8, 4) is 0 Å². The molecule has 0 aromatic heterocycles. The molecule has 0 aliphatic carbocycles. The van der Waals surface area contributed by atoms with Crippen LogP contribution in [0.2, 0.25) is 0 Å². The largest absolute Gasteiger partial charge is 0.241 e. The summed E-state index contributed by atoms with van der Waals surface area (Å²) in [7, 11) is -3.53. The van der Waals surface area contributed by atoms with Gasteiger partial charge in [0.1, 0.15) is 0 Å². The normalized spacial score (nSPS) is 12.4. The summed E-state index contributed by atoms with van der Waals surface area (Å²) in [4.78, 5) is 0.395. The van der Waals surface area contributed by atoms with Crippen molar-refractivity contribution in [2.45, 2.75) is 44.9 Å². The number of rotatable bonds is 5. The maximum atomic E-state index is 12.8. The maximum Gasteiger partial charge on any atom is 0.241 e. The summed E-state index contributed by atoms with van der Waals surface area (Å²) in [5.74, 6) is 0. The van der Waals surface area contributed by atoms with Crippen LogP contribution < -0.4 is 4.72 Å². The third-order valence-electron chi connectivity index (χ3n) is 4.13. The maximum absolute atomic E-state index is 12.8. The number of aryl methyl sites for hydroxylation is 3. The highest BCUT2D eigenvalue weighted by atomic mass is 32.2. The van der Waals surface area contributed by atoms with Crippen LogP contribution in [0.1, 0.15) is 36.1 Å². The first kappa shape index (κ1) is 17.7. The zero-order valence-electron chi connectivity index (χ0n) is 14.5. The van der Waals surface area contributed by atoms with Gasteiger partial charge in [-0.2, -0.15) is 0 Å². The summed E-state index contributed by atoms with van der Waals surface area (Å²) in [5.41, 5.74) is 3.48. The van der Waals surface area contributed by atoms with E-state index in [1.807, 2.05) is 77.1 Å². The Morgan fingerprint density at radius 1 is 0.957 bits per heavy atom. The molecule has 0 fully saturated rings. The number of sulfonamides is 1. The Morgan fingerprint density at radius 2 is 1.48 bits per heavy atom. The summed E-state index contributed by atoms with van der Waals surface area (Å²) in [6.07, 6.45) is 0. The first-order valence-corrected chi connectivity index (χ1v) is 9.25. The molecular weight excluding hydrogens is 306 g/mol. The fourth-order valence-corrected chi connectivity index (χ4v) is 4.59. The molecule has 0 aliphatic heterocycles. The van der Waals surface area contributed by atoms with E-state index in [2.05, 4.69) is 4.72 Å².